The molecule has 0 amide bonds. The minimum Gasteiger partial charge on any atom is -0.465 e. The van der Waals surface area contributed by atoms with Gasteiger partial charge in [-0.1, -0.05) is 6.07 Å². The Balaban J connectivity index is 1.82. The number of aromatic amines is 1. The Labute approximate surface area is 153 Å². The van der Waals surface area contributed by atoms with Crippen LogP contribution in [-0.4, -0.2) is 32.7 Å². The molecule has 8 nitrogen and oxygen atoms in total. The standard InChI is InChI=1S/C19H17N5O3/c1-10-6-16(25)23-15-7-12(4-5-13(10)15)22-18-17-11(2)14(19(26)27-3)8-24(17)21-9-20-18/h4-9H,1-3H3,(H,23,25)(H,20,21,22). The molecular formula is C19H17N5O3. The van der Waals surface area contributed by atoms with E-state index >= 15 is 0 Å². The summed E-state index contributed by atoms with van der Waals surface area (Å²) >= 11 is 0. The number of aromatic nitrogens is 4. The minimum atomic E-state index is -0.428. The number of hydrogen-bond acceptors (Lipinski definition) is 6. The van der Waals surface area contributed by atoms with Crippen LogP contribution in [0.1, 0.15) is 21.5 Å². The lowest BCUT2D eigenvalue weighted by atomic mass is 10.1. The Morgan fingerprint density at radius 1 is 1.26 bits per heavy atom. The van der Waals surface area contributed by atoms with Crippen molar-refractivity contribution in [1.82, 2.24) is 19.6 Å². The number of aryl methyl sites for hydroxylation is 2. The predicted octanol–water partition coefficient (Wildman–Crippen LogP) is 2.72. The van der Waals surface area contributed by atoms with E-state index in [9.17, 15) is 9.59 Å². The molecule has 0 unspecified atom stereocenters. The third-order valence-corrected chi connectivity index (χ3v) is 4.54. The molecule has 0 aliphatic rings. The highest BCUT2D eigenvalue weighted by Gasteiger charge is 2.18. The van der Waals surface area contributed by atoms with Crippen molar-refractivity contribution < 1.29 is 9.53 Å². The smallest absolute Gasteiger partial charge is 0.339 e. The van der Waals surface area contributed by atoms with E-state index in [0.717, 1.165) is 27.7 Å². The van der Waals surface area contributed by atoms with Crippen LogP contribution in [0.5, 0.6) is 0 Å². The molecule has 2 N–H and O–H groups in total. The molecule has 0 aliphatic heterocycles. The lowest BCUT2D eigenvalue weighted by Gasteiger charge is -2.09. The van der Waals surface area contributed by atoms with E-state index in [1.807, 2.05) is 32.0 Å². The number of carbonyl (C=O) groups is 1. The fourth-order valence-corrected chi connectivity index (χ4v) is 3.22. The third kappa shape index (κ3) is 2.80. The van der Waals surface area contributed by atoms with Crippen LogP contribution in [0.25, 0.3) is 16.4 Å². The Bertz CT molecular complexity index is 1260. The summed E-state index contributed by atoms with van der Waals surface area (Å²) in [5.74, 6) is 0.120. The van der Waals surface area contributed by atoms with E-state index in [-0.39, 0.29) is 5.56 Å². The number of nitrogens with zero attached hydrogens (tertiary/aromatic N) is 3. The normalized spacial score (nSPS) is 11.1. The molecule has 4 rings (SSSR count). The molecular weight excluding hydrogens is 346 g/mol. The number of anilines is 2. The molecule has 8 heteroatoms. The number of hydrogen-bond donors (Lipinski definition) is 2. The van der Waals surface area contributed by atoms with E-state index in [1.54, 1.807) is 16.8 Å². The molecule has 4 aromatic rings. The topological polar surface area (TPSA) is 101 Å². The molecule has 0 spiro atoms. The number of carbonyl (C=O) groups excluding carboxylic acids is 1. The fourth-order valence-electron chi connectivity index (χ4n) is 3.22. The number of pyridine rings is 1. The third-order valence-electron chi connectivity index (χ3n) is 4.54. The van der Waals surface area contributed by atoms with Gasteiger partial charge in [0, 0.05) is 23.3 Å². The van der Waals surface area contributed by atoms with Gasteiger partial charge in [0.15, 0.2) is 5.82 Å². The highest BCUT2D eigenvalue weighted by Crippen LogP contribution is 2.27. The molecule has 0 saturated heterocycles. The number of methoxy groups -OCH3 is 1. The van der Waals surface area contributed by atoms with Crippen LogP contribution in [0.3, 0.4) is 0 Å². The van der Waals surface area contributed by atoms with Crippen molar-refractivity contribution in [2.24, 2.45) is 0 Å². The fraction of sp³-hybridized carbons (Fsp3) is 0.158. The molecule has 27 heavy (non-hydrogen) atoms. The Kier molecular flexibility index (Phi) is 3.88. The summed E-state index contributed by atoms with van der Waals surface area (Å²) in [6.45, 7) is 3.72. The van der Waals surface area contributed by atoms with E-state index in [2.05, 4.69) is 20.4 Å². The van der Waals surface area contributed by atoms with Crippen molar-refractivity contribution in [3.63, 3.8) is 0 Å². The van der Waals surface area contributed by atoms with Gasteiger partial charge in [0.2, 0.25) is 5.56 Å². The second-order valence-corrected chi connectivity index (χ2v) is 6.26. The molecule has 3 aromatic heterocycles. The second-order valence-electron chi connectivity index (χ2n) is 6.26. The first-order valence-corrected chi connectivity index (χ1v) is 8.30. The lowest BCUT2D eigenvalue weighted by molar-refractivity contribution is 0.0600. The molecule has 1 aromatic carbocycles. The maximum Gasteiger partial charge on any atom is 0.339 e. The first-order chi connectivity index (χ1) is 13.0. The van der Waals surface area contributed by atoms with Gasteiger partial charge in [-0.3, -0.25) is 4.79 Å². The number of fused-ring (bicyclic) bond motifs is 2. The van der Waals surface area contributed by atoms with Crippen LogP contribution in [0.2, 0.25) is 0 Å². The van der Waals surface area contributed by atoms with Crippen molar-refractivity contribution in [1.29, 1.82) is 0 Å². The van der Waals surface area contributed by atoms with Crippen LogP contribution in [-0.2, 0) is 4.74 Å². The number of nitrogens with one attached hydrogen (secondary N) is 2. The molecule has 0 atom stereocenters. The van der Waals surface area contributed by atoms with Crippen LogP contribution >= 0.6 is 0 Å². The van der Waals surface area contributed by atoms with Gasteiger partial charge in [0.05, 0.1) is 18.2 Å². The largest absolute Gasteiger partial charge is 0.465 e. The molecule has 0 bridgehead atoms. The second kappa shape index (κ2) is 6.24. The van der Waals surface area contributed by atoms with Gasteiger partial charge >= 0.3 is 5.97 Å². The Morgan fingerprint density at radius 2 is 2.07 bits per heavy atom. The molecule has 0 saturated carbocycles. The number of benzene rings is 1. The highest BCUT2D eigenvalue weighted by molar-refractivity contribution is 5.95. The Morgan fingerprint density at radius 3 is 2.85 bits per heavy atom. The van der Waals surface area contributed by atoms with E-state index in [4.69, 9.17) is 4.74 Å². The number of H-pyrrole nitrogens is 1. The number of ether oxygens (including phenoxy) is 1. The molecule has 3 heterocycles. The first-order valence-electron chi connectivity index (χ1n) is 8.30. The van der Waals surface area contributed by atoms with E-state index in [1.165, 1.54) is 13.4 Å². The van der Waals surface area contributed by atoms with Crippen molar-refractivity contribution in [3.05, 3.63) is 63.8 Å². The van der Waals surface area contributed by atoms with Crippen molar-refractivity contribution in [3.8, 4) is 0 Å². The average molecular weight is 363 g/mol. The lowest BCUT2D eigenvalue weighted by Crippen LogP contribution is -2.05. The van der Waals surface area contributed by atoms with E-state index in [0.29, 0.717) is 16.9 Å². The van der Waals surface area contributed by atoms with Gasteiger partial charge in [-0.2, -0.15) is 5.10 Å². The first kappa shape index (κ1) is 16.8. The summed E-state index contributed by atoms with van der Waals surface area (Å²) in [5.41, 5.74) is 4.08. The molecule has 0 aliphatic carbocycles. The quantitative estimate of drug-likeness (QED) is 0.543. The SMILES string of the molecule is COC(=O)c1cn2ncnc(Nc3ccc4c(C)cc(=O)[nH]c4c3)c2c1C. The summed E-state index contributed by atoms with van der Waals surface area (Å²) in [5, 5.41) is 8.38. The highest BCUT2D eigenvalue weighted by atomic mass is 16.5. The molecule has 136 valence electrons. The maximum absolute atomic E-state index is 11.9. The number of rotatable bonds is 3. The zero-order chi connectivity index (χ0) is 19.1. The van der Waals surface area contributed by atoms with E-state index < -0.39 is 5.97 Å². The molecule has 0 radical (unpaired) electrons. The van der Waals surface area contributed by atoms with Gasteiger partial charge in [-0.15, -0.1) is 0 Å². The van der Waals surface area contributed by atoms with Gasteiger partial charge in [-0.25, -0.2) is 14.3 Å². The summed E-state index contributed by atoms with van der Waals surface area (Å²) in [4.78, 5) is 30.8. The molecule has 0 fully saturated rings. The van der Waals surface area contributed by atoms with Gasteiger partial charge in [0.1, 0.15) is 11.8 Å². The average Bonchev–Trinajstić information content (AvgIpc) is 2.98. The minimum absolute atomic E-state index is 0.147. The zero-order valence-corrected chi connectivity index (χ0v) is 15.0. The van der Waals surface area contributed by atoms with Crippen molar-refractivity contribution >= 4 is 33.9 Å². The summed E-state index contributed by atoms with van der Waals surface area (Å²) in [7, 11) is 1.34. The van der Waals surface area contributed by atoms with Crippen LogP contribution in [0.4, 0.5) is 11.5 Å². The van der Waals surface area contributed by atoms with Crippen LogP contribution in [0, 0.1) is 13.8 Å². The summed E-state index contributed by atoms with van der Waals surface area (Å²) < 4.78 is 6.41. The van der Waals surface area contributed by atoms with Gasteiger partial charge in [-0.05, 0) is 37.1 Å². The van der Waals surface area contributed by atoms with Crippen LogP contribution in [0.15, 0.2) is 41.6 Å². The van der Waals surface area contributed by atoms with Gasteiger partial charge in [0.25, 0.3) is 0 Å². The maximum atomic E-state index is 11.9. The summed E-state index contributed by atoms with van der Waals surface area (Å²) in [6.07, 6.45) is 3.02. The van der Waals surface area contributed by atoms with Gasteiger partial charge < -0.3 is 15.0 Å². The Hall–Kier alpha value is -3.68. The van der Waals surface area contributed by atoms with Crippen LogP contribution < -0.4 is 10.9 Å². The predicted molar refractivity (Wildman–Crippen MR) is 102 cm³/mol. The van der Waals surface area contributed by atoms with Crippen molar-refractivity contribution in [2.75, 3.05) is 12.4 Å². The monoisotopic (exact) mass is 363 g/mol. The zero-order valence-electron chi connectivity index (χ0n) is 15.0. The summed E-state index contributed by atoms with van der Waals surface area (Å²) in [6, 6.07) is 7.27. The number of esters is 1. The van der Waals surface area contributed by atoms with Crippen molar-refractivity contribution in [2.45, 2.75) is 13.8 Å².